The van der Waals surface area contributed by atoms with E-state index in [9.17, 15) is 9.59 Å². The molecule has 0 spiro atoms. The van der Waals surface area contributed by atoms with Crippen molar-refractivity contribution in [3.05, 3.63) is 0 Å². The number of hydrogen-bond donors (Lipinski definition) is 1. The third kappa shape index (κ3) is 4.30. The maximum absolute atomic E-state index is 9.91. The minimum Gasteiger partial charge on any atom is -0.476 e. The molecule has 0 rings (SSSR count). The summed E-state index contributed by atoms with van der Waals surface area (Å²) in [5.41, 5.74) is 0. The van der Waals surface area contributed by atoms with Crippen LogP contribution in [0.2, 0.25) is 0 Å². The summed E-state index contributed by atoms with van der Waals surface area (Å²) in [6.07, 6.45) is 0.0787. The summed E-state index contributed by atoms with van der Waals surface area (Å²) >= 11 is 0. The molecule has 0 atom stereocenters. The van der Waals surface area contributed by atoms with Crippen molar-refractivity contribution < 1.29 is 14.7 Å². The quantitative estimate of drug-likeness (QED) is 0.406. The van der Waals surface area contributed by atoms with Crippen molar-refractivity contribution in [3.63, 3.8) is 0 Å². The Balaban J connectivity index is 0. The van der Waals surface area contributed by atoms with Crippen LogP contribution in [0.1, 0.15) is 13.3 Å². The smallest absolute Gasteiger partial charge is 0.372 e. The van der Waals surface area contributed by atoms with Crippen molar-refractivity contribution in [1.29, 1.82) is 0 Å². The second-order valence-corrected chi connectivity index (χ2v) is 1.08. The van der Waals surface area contributed by atoms with Crippen LogP contribution in [-0.2, 0) is 9.59 Å². The molecule has 1 radical (unpaired) electrons. The molecular weight excluding hydrogens is 119 g/mol. The van der Waals surface area contributed by atoms with E-state index in [1.165, 1.54) is 6.92 Å². The number of carbonyl (C=O) groups is 2. The summed E-state index contributed by atoms with van der Waals surface area (Å²) in [4.78, 5) is 19.5. The van der Waals surface area contributed by atoms with E-state index in [1.54, 1.807) is 0 Å². The molecule has 0 aliphatic rings. The van der Waals surface area contributed by atoms with Crippen LogP contribution in [0.25, 0.3) is 0 Å². The van der Waals surface area contributed by atoms with E-state index in [0.717, 1.165) is 0 Å². The van der Waals surface area contributed by atoms with Gasteiger partial charge in [-0.15, -0.1) is 0 Å². The summed E-state index contributed by atoms with van der Waals surface area (Å²) in [5.74, 6) is -2.08. The molecular formula is C4H6NaO3. The predicted octanol–water partition coefficient (Wildman–Crippen LogP) is -0.331. The molecule has 0 aromatic rings. The normalized spacial score (nSPS) is 7.12. The van der Waals surface area contributed by atoms with E-state index in [4.69, 9.17) is 5.11 Å². The maximum atomic E-state index is 9.91. The molecule has 0 heterocycles. The number of aliphatic carboxylic acids is 1. The molecule has 0 saturated carbocycles. The zero-order valence-electron chi connectivity index (χ0n) is 4.97. The summed E-state index contributed by atoms with van der Waals surface area (Å²) < 4.78 is 0. The number of carbonyl (C=O) groups excluding carboxylic acids is 1. The van der Waals surface area contributed by atoms with Gasteiger partial charge in [0.2, 0.25) is 5.78 Å². The van der Waals surface area contributed by atoms with E-state index >= 15 is 0 Å². The largest absolute Gasteiger partial charge is 0.476 e. The molecule has 0 amide bonds. The van der Waals surface area contributed by atoms with Gasteiger partial charge in [0.1, 0.15) is 0 Å². The van der Waals surface area contributed by atoms with E-state index in [1.807, 2.05) is 0 Å². The molecule has 1 N–H and O–H groups in total. The number of carboxylic acid groups (broad SMARTS) is 1. The molecule has 0 aromatic carbocycles. The van der Waals surface area contributed by atoms with Crippen LogP contribution in [-0.4, -0.2) is 46.4 Å². The zero-order chi connectivity index (χ0) is 5.86. The first-order valence-electron chi connectivity index (χ1n) is 1.94. The minimum atomic E-state index is -1.34. The van der Waals surface area contributed by atoms with Crippen molar-refractivity contribution in [2.75, 3.05) is 0 Å². The zero-order valence-corrected chi connectivity index (χ0v) is 6.97. The van der Waals surface area contributed by atoms with E-state index < -0.39 is 11.8 Å². The molecule has 0 aliphatic carbocycles. The van der Waals surface area contributed by atoms with Crippen molar-refractivity contribution in [2.24, 2.45) is 0 Å². The van der Waals surface area contributed by atoms with Gasteiger partial charge in [0.05, 0.1) is 0 Å². The summed E-state index contributed by atoms with van der Waals surface area (Å²) in [6, 6.07) is 0. The van der Waals surface area contributed by atoms with Gasteiger partial charge >= 0.3 is 5.97 Å². The first kappa shape index (κ1) is 11.0. The summed E-state index contributed by atoms with van der Waals surface area (Å²) in [7, 11) is 0. The first-order chi connectivity index (χ1) is 3.18. The molecule has 3 nitrogen and oxygen atoms in total. The van der Waals surface area contributed by atoms with Crippen molar-refractivity contribution in [2.45, 2.75) is 13.3 Å². The van der Waals surface area contributed by atoms with Gasteiger partial charge in [-0.3, -0.25) is 4.79 Å². The van der Waals surface area contributed by atoms with Crippen molar-refractivity contribution in [3.8, 4) is 0 Å². The predicted molar refractivity (Wildman–Crippen MR) is 28.7 cm³/mol. The third-order valence-corrected chi connectivity index (χ3v) is 0.560. The van der Waals surface area contributed by atoms with Gasteiger partial charge in [-0.2, -0.15) is 0 Å². The standard InChI is InChI=1S/C4H6O3.Na/c1-2-3(5)4(6)7;/h2H2,1H3,(H,6,7);. The Morgan fingerprint density at radius 1 is 1.50 bits per heavy atom. The second-order valence-electron chi connectivity index (χ2n) is 1.08. The Morgan fingerprint density at radius 3 is 1.88 bits per heavy atom. The molecule has 0 bridgehead atoms. The summed E-state index contributed by atoms with van der Waals surface area (Å²) in [5, 5.41) is 7.83. The fourth-order valence-electron chi connectivity index (χ4n) is 0.151. The van der Waals surface area contributed by atoms with Gasteiger partial charge in [0.25, 0.3) is 0 Å². The van der Waals surface area contributed by atoms with Crippen molar-refractivity contribution >= 4 is 41.3 Å². The third-order valence-electron chi connectivity index (χ3n) is 0.560. The van der Waals surface area contributed by atoms with Crippen LogP contribution in [0, 0.1) is 0 Å². The Hall–Kier alpha value is 0.140. The minimum absolute atomic E-state index is 0. The fraction of sp³-hybridized carbons (Fsp3) is 0.500. The number of hydrogen-bond acceptors (Lipinski definition) is 2. The van der Waals surface area contributed by atoms with Gasteiger partial charge in [0, 0.05) is 36.0 Å². The summed E-state index contributed by atoms with van der Waals surface area (Å²) in [6.45, 7) is 1.51. The number of carboxylic acids is 1. The van der Waals surface area contributed by atoms with Crippen LogP contribution in [0.3, 0.4) is 0 Å². The van der Waals surface area contributed by atoms with Gasteiger partial charge in [-0.1, -0.05) is 6.92 Å². The van der Waals surface area contributed by atoms with E-state index in [2.05, 4.69) is 0 Å². The fourth-order valence-corrected chi connectivity index (χ4v) is 0.151. The Bertz CT molecular complexity index is 99.5. The Kier molecular flexibility index (Phi) is 7.26. The topological polar surface area (TPSA) is 54.4 Å². The molecule has 0 aliphatic heterocycles. The van der Waals surface area contributed by atoms with Gasteiger partial charge in [0.15, 0.2) is 0 Å². The van der Waals surface area contributed by atoms with Crippen LogP contribution in [0.4, 0.5) is 0 Å². The average molecular weight is 125 g/mol. The number of ketones is 1. The van der Waals surface area contributed by atoms with Crippen LogP contribution in [0.15, 0.2) is 0 Å². The monoisotopic (exact) mass is 125 g/mol. The molecule has 4 heteroatoms. The molecule has 0 unspecified atom stereocenters. The van der Waals surface area contributed by atoms with E-state index in [0.29, 0.717) is 0 Å². The first-order valence-corrected chi connectivity index (χ1v) is 1.94. The van der Waals surface area contributed by atoms with Gasteiger partial charge in [-0.05, 0) is 0 Å². The Morgan fingerprint density at radius 2 is 1.88 bits per heavy atom. The molecule has 0 aromatic heterocycles. The molecule has 41 valence electrons. The van der Waals surface area contributed by atoms with Crippen molar-refractivity contribution in [1.82, 2.24) is 0 Å². The molecule has 0 fully saturated rings. The molecule has 0 saturated heterocycles. The average Bonchev–Trinajstić information content (AvgIpc) is 1.65. The van der Waals surface area contributed by atoms with Crippen LogP contribution < -0.4 is 0 Å². The second kappa shape index (κ2) is 5.28. The van der Waals surface area contributed by atoms with Gasteiger partial charge < -0.3 is 5.11 Å². The number of Topliss-reactive ketones (excluding diaryl/α,β-unsaturated/α-hetero) is 1. The van der Waals surface area contributed by atoms with Crippen LogP contribution >= 0.6 is 0 Å². The number of rotatable bonds is 2. The SMILES string of the molecule is CCC(=O)C(=O)O.[Na]. The van der Waals surface area contributed by atoms with Gasteiger partial charge in [-0.25, -0.2) is 4.79 Å². The van der Waals surface area contributed by atoms with E-state index in [-0.39, 0.29) is 36.0 Å². The Labute approximate surface area is 69.4 Å². The maximum Gasteiger partial charge on any atom is 0.372 e. The molecule has 8 heavy (non-hydrogen) atoms. The van der Waals surface area contributed by atoms with Crippen LogP contribution in [0.5, 0.6) is 0 Å².